The summed E-state index contributed by atoms with van der Waals surface area (Å²) in [7, 11) is 0. The van der Waals surface area contributed by atoms with Crippen molar-refractivity contribution in [3.05, 3.63) is 41.7 Å². The Morgan fingerprint density at radius 1 is 1.06 bits per heavy atom. The molecule has 1 aromatic carbocycles. The summed E-state index contributed by atoms with van der Waals surface area (Å²) in [5, 5.41) is 0. The third-order valence-corrected chi connectivity index (χ3v) is 4.65. The quantitative estimate of drug-likeness (QED) is 0.733. The van der Waals surface area contributed by atoms with Crippen LogP contribution in [0.2, 0.25) is 0 Å². The number of carbonyl (C=O) groups excluding carboxylic acids is 2. The first-order valence-corrected chi connectivity index (χ1v) is 10.1. The molecule has 0 radical (unpaired) electrons. The Kier molecular flexibility index (Phi) is 6.65. The van der Waals surface area contributed by atoms with Gasteiger partial charge in [-0.1, -0.05) is 0 Å². The minimum atomic E-state index is -4.60. The molecule has 2 aromatic rings. The van der Waals surface area contributed by atoms with Crippen LogP contribution in [0.15, 0.2) is 30.5 Å². The third kappa shape index (κ3) is 6.24. The van der Waals surface area contributed by atoms with Gasteiger partial charge in [-0.15, -0.1) is 0 Å². The molecule has 0 atom stereocenters. The summed E-state index contributed by atoms with van der Waals surface area (Å²) in [5.74, 6) is -0.970. The number of rotatable bonds is 4. The van der Waals surface area contributed by atoms with Gasteiger partial charge in [0, 0.05) is 32.4 Å². The molecule has 3 rings (SSSR count). The lowest BCUT2D eigenvalue weighted by atomic mass is 10.1. The summed E-state index contributed by atoms with van der Waals surface area (Å²) < 4.78 is 50.8. The fourth-order valence-electron chi connectivity index (χ4n) is 3.12. The molecule has 2 heterocycles. The Morgan fingerprint density at radius 3 is 2.30 bits per heavy atom. The number of nitrogens with zero attached hydrogens (tertiary/aromatic N) is 4. The lowest BCUT2D eigenvalue weighted by Gasteiger charge is -2.37. The van der Waals surface area contributed by atoms with Crippen molar-refractivity contribution >= 4 is 17.7 Å². The molecule has 33 heavy (non-hydrogen) atoms. The highest BCUT2D eigenvalue weighted by Gasteiger charge is 2.33. The van der Waals surface area contributed by atoms with Gasteiger partial charge in [0.15, 0.2) is 5.75 Å². The second kappa shape index (κ2) is 9.12. The van der Waals surface area contributed by atoms with E-state index in [1.165, 1.54) is 23.2 Å². The van der Waals surface area contributed by atoms with Gasteiger partial charge in [0.2, 0.25) is 0 Å². The molecule has 12 heteroatoms. The van der Waals surface area contributed by atoms with E-state index in [0.717, 1.165) is 12.1 Å². The second-order valence-electron chi connectivity index (χ2n) is 8.33. The van der Waals surface area contributed by atoms with Crippen LogP contribution in [-0.2, 0) is 10.9 Å². The van der Waals surface area contributed by atoms with Crippen LogP contribution in [0.1, 0.15) is 36.8 Å². The molecular formula is C21H24F3N5O4. The maximum atomic E-state index is 13.3. The molecule has 1 aromatic heterocycles. The van der Waals surface area contributed by atoms with E-state index in [2.05, 4.69) is 9.97 Å². The van der Waals surface area contributed by atoms with E-state index in [-0.39, 0.29) is 17.5 Å². The number of anilines is 1. The number of benzene rings is 1. The first-order chi connectivity index (χ1) is 15.3. The van der Waals surface area contributed by atoms with Gasteiger partial charge < -0.3 is 25.0 Å². The molecule has 0 saturated carbocycles. The maximum absolute atomic E-state index is 13.3. The molecule has 1 aliphatic rings. The van der Waals surface area contributed by atoms with Gasteiger partial charge in [-0.05, 0) is 45.0 Å². The van der Waals surface area contributed by atoms with Crippen molar-refractivity contribution in [1.82, 2.24) is 14.9 Å². The Balaban J connectivity index is 1.84. The van der Waals surface area contributed by atoms with Gasteiger partial charge in [-0.2, -0.15) is 18.2 Å². The van der Waals surface area contributed by atoms with E-state index in [1.807, 2.05) is 0 Å². The molecule has 1 saturated heterocycles. The number of ether oxygens (including phenoxy) is 2. The highest BCUT2D eigenvalue weighted by molar-refractivity contribution is 5.90. The Morgan fingerprint density at radius 2 is 1.73 bits per heavy atom. The van der Waals surface area contributed by atoms with E-state index in [9.17, 15) is 22.8 Å². The topological polar surface area (TPSA) is 111 Å². The number of hydrogen-bond acceptors (Lipinski definition) is 7. The number of nitrogens with two attached hydrogens (primary N) is 1. The number of hydrogen-bond donors (Lipinski definition) is 1. The van der Waals surface area contributed by atoms with Crippen LogP contribution in [0.4, 0.5) is 23.7 Å². The van der Waals surface area contributed by atoms with Crippen molar-refractivity contribution in [3.63, 3.8) is 0 Å². The SMILES string of the molecule is CC(C)(C)OC(=O)N1CCN(c2ccc(C(F)(F)F)cc2Oc2nccc(C(N)=O)n2)CC1. The molecule has 0 aliphatic carbocycles. The summed E-state index contributed by atoms with van der Waals surface area (Å²) in [4.78, 5) is 34.7. The minimum Gasteiger partial charge on any atom is -0.444 e. The average molecular weight is 467 g/mol. The second-order valence-corrected chi connectivity index (χ2v) is 8.33. The number of primary amides is 1. The number of alkyl halides is 3. The minimum absolute atomic E-state index is 0.139. The van der Waals surface area contributed by atoms with Crippen molar-refractivity contribution in [2.45, 2.75) is 32.5 Å². The van der Waals surface area contributed by atoms with E-state index in [1.54, 1.807) is 25.7 Å². The largest absolute Gasteiger partial charge is 0.444 e. The normalized spacial score (nSPS) is 14.7. The molecule has 0 spiro atoms. The monoisotopic (exact) mass is 467 g/mol. The summed E-state index contributed by atoms with van der Waals surface area (Å²) in [6.45, 7) is 6.59. The predicted molar refractivity (Wildman–Crippen MR) is 112 cm³/mol. The zero-order valence-electron chi connectivity index (χ0n) is 18.3. The standard InChI is InChI=1S/C21H24F3N5O4/c1-20(2,3)33-19(31)29-10-8-28(9-11-29)15-5-4-13(21(22,23)24)12-16(15)32-18-26-7-6-14(27-18)17(25)30/h4-7,12H,8-11H2,1-3H3,(H2,25,30). The van der Waals surface area contributed by atoms with Gasteiger partial charge in [0.05, 0.1) is 11.3 Å². The number of halogens is 3. The molecule has 1 fully saturated rings. The fraction of sp³-hybridized carbons (Fsp3) is 0.429. The van der Waals surface area contributed by atoms with Crippen molar-refractivity contribution < 1.29 is 32.2 Å². The van der Waals surface area contributed by atoms with E-state index in [4.69, 9.17) is 15.2 Å². The summed E-state index contributed by atoms with van der Waals surface area (Å²) in [6, 6.07) is 4.02. The number of amides is 2. The fourth-order valence-corrected chi connectivity index (χ4v) is 3.12. The molecule has 9 nitrogen and oxygen atoms in total. The molecule has 0 unspecified atom stereocenters. The van der Waals surface area contributed by atoms with Crippen LogP contribution in [0.3, 0.4) is 0 Å². The Hall–Kier alpha value is -3.57. The molecule has 2 amide bonds. The summed E-state index contributed by atoms with van der Waals surface area (Å²) in [6.07, 6.45) is -3.83. The van der Waals surface area contributed by atoms with Gasteiger partial charge in [0.25, 0.3) is 5.91 Å². The van der Waals surface area contributed by atoms with Gasteiger partial charge in [0.1, 0.15) is 11.3 Å². The number of aromatic nitrogens is 2. The average Bonchev–Trinajstić information content (AvgIpc) is 2.72. The van der Waals surface area contributed by atoms with Crippen molar-refractivity contribution in [1.29, 1.82) is 0 Å². The smallest absolute Gasteiger partial charge is 0.416 e. The van der Waals surface area contributed by atoms with Crippen LogP contribution in [0.25, 0.3) is 0 Å². The van der Waals surface area contributed by atoms with Crippen LogP contribution in [0.5, 0.6) is 11.8 Å². The van der Waals surface area contributed by atoms with E-state index < -0.39 is 29.3 Å². The number of carbonyl (C=O) groups is 2. The maximum Gasteiger partial charge on any atom is 0.416 e. The third-order valence-electron chi connectivity index (χ3n) is 4.65. The predicted octanol–water partition coefficient (Wildman–Crippen LogP) is 3.44. The van der Waals surface area contributed by atoms with E-state index >= 15 is 0 Å². The zero-order valence-corrected chi connectivity index (χ0v) is 18.3. The van der Waals surface area contributed by atoms with Crippen LogP contribution in [0, 0.1) is 0 Å². The molecular weight excluding hydrogens is 443 g/mol. The van der Waals surface area contributed by atoms with Crippen LogP contribution in [-0.4, -0.2) is 58.6 Å². The molecule has 0 bridgehead atoms. The highest BCUT2D eigenvalue weighted by atomic mass is 19.4. The van der Waals surface area contributed by atoms with E-state index in [0.29, 0.717) is 31.9 Å². The van der Waals surface area contributed by atoms with Gasteiger partial charge in [-0.3, -0.25) is 4.79 Å². The molecule has 2 N–H and O–H groups in total. The Bertz CT molecular complexity index is 1030. The lowest BCUT2D eigenvalue weighted by Crippen LogP contribution is -2.50. The first kappa shape index (κ1) is 24.1. The summed E-state index contributed by atoms with van der Waals surface area (Å²) >= 11 is 0. The highest BCUT2D eigenvalue weighted by Crippen LogP contribution is 2.38. The van der Waals surface area contributed by atoms with Crippen LogP contribution < -0.4 is 15.4 Å². The van der Waals surface area contributed by atoms with Crippen LogP contribution >= 0.6 is 0 Å². The van der Waals surface area contributed by atoms with Crippen molar-refractivity contribution in [3.8, 4) is 11.8 Å². The molecule has 178 valence electrons. The van der Waals surface area contributed by atoms with Gasteiger partial charge >= 0.3 is 18.3 Å². The van der Waals surface area contributed by atoms with Gasteiger partial charge in [-0.25, -0.2) is 9.78 Å². The summed E-state index contributed by atoms with van der Waals surface area (Å²) in [5.41, 5.74) is 3.86. The lowest BCUT2D eigenvalue weighted by molar-refractivity contribution is -0.137. The number of piperazine rings is 1. The molecule has 1 aliphatic heterocycles. The van der Waals surface area contributed by atoms with Crippen molar-refractivity contribution in [2.24, 2.45) is 5.73 Å². The zero-order chi connectivity index (χ0) is 24.4. The van der Waals surface area contributed by atoms with Crippen molar-refractivity contribution in [2.75, 3.05) is 31.1 Å². The Labute approximate surface area is 188 Å². The first-order valence-electron chi connectivity index (χ1n) is 10.1.